The van der Waals surface area contributed by atoms with Crippen LogP contribution in [0.2, 0.25) is 0 Å². The second-order valence-corrected chi connectivity index (χ2v) is 38.5. The summed E-state index contributed by atoms with van der Waals surface area (Å²) in [5.74, 6) is 2.28. The Kier molecular flexibility index (Phi) is 25.5. The molecule has 10 aromatic carbocycles. The first kappa shape index (κ1) is 87.5. The predicted octanol–water partition coefficient (Wildman–Crippen LogP) is 27.0. The van der Waals surface area contributed by atoms with Crippen molar-refractivity contribution < 1.29 is 65.3 Å². The summed E-state index contributed by atoms with van der Waals surface area (Å²) >= 11 is 0. The zero-order valence-corrected chi connectivity index (χ0v) is 72.7. The number of aryl methyl sites for hydroxylation is 1. The van der Waals surface area contributed by atoms with Gasteiger partial charge in [0.1, 0.15) is 17.2 Å². The first-order chi connectivity index (χ1) is 59.3. The largest absolute Gasteiger partial charge is 0.508 e. The molecule has 6 unspecified atom stereocenters. The van der Waals surface area contributed by atoms with Crippen molar-refractivity contribution in [2.45, 2.75) is 223 Å². The first-order valence-electron chi connectivity index (χ1n) is 44.5. The van der Waals surface area contributed by atoms with Crippen molar-refractivity contribution in [1.29, 1.82) is 0 Å². The summed E-state index contributed by atoms with van der Waals surface area (Å²) in [6.07, 6.45) is 1.59. The van der Waals surface area contributed by atoms with Gasteiger partial charge in [0.15, 0.2) is 0 Å². The van der Waals surface area contributed by atoms with Crippen LogP contribution in [0.3, 0.4) is 0 Å². The number of benzene rings is 10. The third kappa shape index (κ3) is 19.2. The van der Waals surface area contributed by atoms with Crippen LogP contribution in [0.15, 0.2) is 218 Å². The molecule has 0 aliphatic carbocycles. The van der Waals surface area contributed by atoms with Gasteiger partial charge in [0, 0.05) is 119 Å². The quantitative estimate of drug-likeness (QED) is 0.0768. The minimum Gasteiger partial charge on any atom is -0.508 e. The Bertz CT molecular complexity index is 5090. The summed E-state index contributed by atoms with van der Waals surface area (Å²) < 4.78 is 109. The molecule has 0 radical (unpaired) electrons. The Morgan fingerprint density at radius 1 is 0.266 bits per heavy atom. The molecule has 5 saturated heterocycles. The average molecular weight is 1690 g/mol. The number of hydrogen-bond donors (Lipinski definition) is 8. The van der Waals surface area contributed by atoms with E-state index in [0.29, 0.717) is 65.3 Å². The smallest absolute Gasteiger partial charge is 0.416 e. The minimum atomic E-state index is -4.37. The molecule has 654 valence electrons. The molecule has 0 bridgehead atoms. The van der Waals surface area contributed by atoms with E-state index in [-0.39, 0.29) is 88.5 Å². The van der Waals surface area contributed by atoms with E-state index >= 15 is 0 Å². The number of aromatic hydroxyl groups is 3. The molecule has 8 N–H and O–H groups in total. The lowest BCUT2D eigenvalue weighted by Gasteiger charge is -2.44. The summed E-state index contributed by atoms with van der Waals surface area (Å²) in [6, 6.07) is 70.1. The van der Waals surface area contributed by atoms with Crippen molar-refractivity contribution in [1.82, 2.24) is 0 Å². The number of phenols is 3. The van der Waals surface area contributed by atoms with E-state index in [1.165, 1.54) is 103 Å². The molecular formula is C105H119F6N5O8. The van der Waals surface area contributed by atoms with E-state index in [2.05, 4.69) is 186 Å². The van der Waals surface area contributed by atoms with Crippen LogP contribution in [-0.4, -0.2) is 48.4 Å². The number of phenolic OH excluding ortho intramolecular Hbond substituents is 3. The number of rotatable bonds is 5. The van der Waals surface area contributed by atoms with E-state index in [9.17, 15) is 41.7 Å². The van der Waals surface area contributed by atoms with E-state index in [1.54, 1.807) is 42.5 Å². The topological polar surface area (TPSA) is 167 Å². The molecule has 15 atom stereocenters. The van der Waals surface area contributed by atoms with Crippen LogP contribution in [0.5, 0.6) is 17.2 Å². The summed E-state index contributed by atoms with van der Waals surface area (Å²) in [7, 11) is 0. The molecule has 10 aliphatic heterocycles. The maximum absolute atomic E-state index is 13.1. The standard InChI is InChI=1S/2C22H27NO2.C22H27NO.C20H20F3NO.C19H18F3NO2/c2*1-22(2,3)15-8-11-19-18(13-15)21-17(5-4-12-25-21)20(23-19)14-6-9-16(24)10-7-14;1-22(2,3)16-11-12-19-18(14-16)21-17(10-7-13-24-21)20(23-19)15-8-5-4-6-9-15;1-12-4-2-5-13(10-12)18-15-6-3-9-25-19(15)16-11-14(20(21,22)23)7-8-17(16)24-18;20-19(21,22)12-6-7-16-15(10-12)18-14(5-2-8-25-18)17(23-16)11-3-1-4-13(24)9-11/h2*6-11,13,17,20-21,23-24H,4-5,12H2,1-3H3;4-6,8-9,11-12,14,17,20-21,23H,7,10,13H2,1-3H3;2,4-5,7-8,10-11,15,18-19,24H,3,6,9H2,1H3;1,3-4,6-7,9-10,14,17-18,23-24H,2,5,8H2/t17-,20-,21-;;17-,20-,21-;;14-,17-,18-/m0.0.0/s1. The maximum atomic E-state index is 13.1. The summed E-state index contributed by atoms with van der Waals surface area (Å²) in [6.45, 7) is 26.1. The van der Waals surface area contributed by atoms with Gasteiger partial charge >= 0.3 is 12.4 Å². The molecule has 0 saturated carbocycles. The number of hydrogen-bond acceptors (Lipinski definition) is 13. The predicted molar refractivity (Wildman–Crippen MR) is 479 cm³/mol. The second kappa shape index (κ2) is 36.1. The third-order valence-corrected chi connectivity index (χ3v) is 26.9. The van der Waals surface area contributed by atoms with Gasteiger partial charge in [-0.05, 0) is 223 Å². The van der Waals surface area contributed by atoms with Crippen molar-refractivity contribution >= 4 is 28.4 Å². The zero-order chi connectivity index (χ0) is 87.2. The summed E-state index contributed by atoms with van der Waals surface area (Å²) in [4.78, 5) is 0. The Morgan fingerprint density at radius 2 is 0.524 bits per heavy atom. The fraction of sp³-hybridized carbons (Fsp3) is 0.429. The summed E-state index contributed by atoms with van der Waals surface area (Å²) in [5, 5.41) is 47.1. The number of ether oxygens (including phenoxy) is 5. The van der Waals surface area contributed by atoms with Gasteiger partial charge in [0.05, 0.1) is 71.9 Å². The highest BCUT2D eigenvalue weighted by Gasteiger charge is 2.47. The molecule has 124 heavy (non-hydrogen) atoms. The molecule has 0 amide bonds. The maximum Gasteiger partial charge on any atom is 0.416 e. The van der Waals surface area contributed by atoms with Crippen LogP contribution in [0.4, 0.5) is 54.8 Å². The average Bonchev–Trinajstić information content (AvgIpc) is 0.781. The lowest BCUT2D eigenvalue weighted by molar-refractivity contribution is -0.138. The van der Waals surface area contributed by atoms with Gasteiger partial charge < -0.3 is 65.6 Å². The number of alkyl halides is 6. The highest BCUT2D eigenvalue weighted by molar-refractivity contribution is 5.64. The van der Waals surface area contributed by atoms with Gasteiger partial charge in [-0.1, -0.05) is 195 Å². The zero-order valence-electron chi connectivity index (χ0n) is 72.7. The van der Waals surface area contributed by atoms with E-state index in [0.717, 1.165) is 107 Å². The Hall–Kier alpha value is -10.0. The number of anilines is 5. The molecule has 13 nitrogen and oxygen atoms in total. The third-order valence-electron chi connectivity index (χ3n) is 26.9. The van der Waals surface area contributed by atoms with Crippen molar-refractivity contribution in [2.24, 2.45) is 29.6 Å². The monoisotopic (exact) mass is 1690 g/mol. The molecule has 10 aliphatic rings. The lowest BCUT2D eigenvalue weighted by atomic mass is 9.76. The molecule has 19 heteroatoms. The van der Waals surface area contributed by atoms with Crippen LogP contribution in [0.1, 0.15) is 276 Å². The SMILES string of the molecule is CC(C)(C)c1ccc2c(c1)C1OCCCC1C(c1ccc(O)cc1)N2.CC(C)(C)c1ccc2c(c1)[C@H]1OCCC[C@H]1[C@H](c1ccc(O)cc1)N2.CC(C)(C)c1ccc2c(c1)[C@H]1OCCC[C@H]1[C@H](c1ccccc1)N2.Cc1cccc(C2Nc3ccc(C(F)(F)F)cc3C3OCCCC23)c1.Oc1cccc([C@@H]2Nc3ccc(C(F)(F)F)cc3[C@H]3OCCC[C@H]32)c1. The lowest BCUT2D eigenvalue weighted by Crippen LogP contribution is -2.36. The fourth-order valence-corrected chi connectivity index (χ4v) is 20.4. The van der Waals surface area contributed by atoms with Crippen LogP contribution in [-0.2, 0) is 52.3 Å². The van der Waals surface area contributed by atoms with Gasteiger partial charge in [0.25, 0.3) is 0 Å². The normalized spacial score (nSPS) is 25.8. The van der Waals surface area contributed by atoms with Crippen LogP contribution >= 0.6 is 0 Å². The Balaban J connectivity index is 0.000000115. The molecule has 10 heterocycles. The van der Waals surface area contributed by atoms with E-state index < -0.39 is 23.5 Å². The molecule has 0 aromatic heterocycles. The molecule has 0 spiro atoms. The highest BCUT2D eigenvalue weighted by Crippen LogP contribution is 2.57. The fourth-order valence-electron chi connectivity index (χ4n) is 20.4. The van der Waals surface area contributed by atoms with Gasteiger partial charge in [-0.2, -0.15) is 26.3 Å². The van der Waals surface area contributed by atoms with Crippen LogP contribution in [0, 0.1) is 36.5 Å². The molecule has 20 rings (SSSR count). The van der Waals surface area contributed by atoms with Crippen molar-refractivity contribution in [3.63, 3.8) is 0 Å². The van der Waals surface area contributed by atoms with Gasteiger partial charge in [-0.15, -0.1) is 0 Å². The van der Waals surface area contributed by atoms with Crippen LogP contribution in [0.25, 0.3) is 0 Å². The highest BCUT2D eigenvalue weighted by atomic mass is 19.4. The van der Waals surface area contributed by atoms with Gasteiger partial charge in [-0.25, -0.2) is 0 Å². The first-order valence-corrected chi connectivity index (χ1v) is 44.5. The Labute approximate surface area is 726 Å². The van der Waals surface area contributed by atoms with Gasteiger partial charge in [-0.3, -0.25) is 0 Å². The van der Waals surface area contributed by atoms with Crippen molar-refractivity contribution in [2.75, 3.05) is 59.6 Å². The molecule has 10 aromatic rings. The number of nitrogens with one attached hydrogen (secondary N) is 5. The summed E-state index contributed by atoms with van der Waals surface area (Å²) in [5.41, 5.74) is 20.4. The number of halogens is 6. The molecular weight excluding hydrogens is 1570 g/mol. The molecule has 5 fully saturated rings. The van der Waals surface area contributed by atoms with Crippen molar-refractivity contribution in [3.05, 3.63) is 307 Å². The Morgan fingerprint density at radius 3 is 0.806 bits per heavy atom. The van der Waals surface area contributed by atoms with Gasteiger partial charge in [0.2, 0.25) is 0 Å². The second-order valence-electron chi connectivity index (χ2n) is 38.5. The van der Waals surface area contributed by atoms with E-state index in [4.69, 9.17) is 23.7 Å². The van der Waals surface area contributed by atoms with Crippen LogP contribution < -0.4 is 26.6 Å². The van der Waals surface area contributed by atoms with Crippen molar-refractivity contribution in [3.8, 4) is 17.2 Å². The van der Waals surface area contributed by atoms with E-state index in [1.807, 2.05) is 49.4 Å². The minimum absolute atomic E-state index is 0.0199. The number of fused-ring (bicyclic) bond motifs is 15.